The van der Waals surface area contributed by atoms with Gasteiger partial charge in [0, 0.05) is 0 Å². The summed E-state index contributed by atoms with van der Waals surface area (Å²) < 4.78 is 1.52. The predicted octanol–water partition coefficient (Wildman–Crippen LogP) is 0.547. The monoisotopic (exact) mass is 233 g/mol. The molecular weight excluding hydrogens is 222 g/mol. The fourth-order valence-electron chi connectivity index (χ4n) is 1.25. The Morgan fingerprint density at radius 2 is 2.35 bits per heavy atom. The first kappa shape index (κ1) is 11.1. The summed E-state index contributed by atoms with van der Waals surface area (Å²) in [5, 5.41) is 15.5. The van der Waals surface area contributed by atoms with Gasteiger partial charge < -0.3 is 10.4 Å². The van der Waals surface area contributed by atoms with Gasteiger partial charge in [0.2, 0.25) is 0 Å². The van der Waals surface area contributed by atoms with Crippen molar-refractivity contribution in [2.24, 2.45) is 0 Å². The maximum Gasteiger partial charge on any atom is 0.325 e. The Morgan fingerprint density at radius 3 is 2.88 bits per heavy atom. The molecule has 7 heteroatoms. The van der Waals surface area contributed by atoms with E-state index in [0.717, 1.165) is 0 Å². The van der Waals surface area contributed by atoms with Gasteiger partial charge in [-0.15, -0.1) is 0 Å². The first-order valence-electron chi connectivity index (χ1n) is 4.97. The van der Waals surface area contributed by atoms with E-state index in [2.05, 4.69) is 20.4 Å². The Hall–Kier alpha value is -2.44. The Kier molecular flexibility index (Phi) is 2.99. The highest BCUT2D eigenvalue weighted by atomic mass is 16.4. The molecule has 0 saturated heterocycles. The van der Waals surface area contributed by atoms with E-state index < -0.39 is 12.0 Å². The van der Waals surface area contributed by atoms with Crippen LogP contribution in [0.1, 0.15) is 6.92 Å². The molecule has 0 bridgehead atoms. The summed E-state index contributed by atoms with van der Waals surface area (Å²) in [5.74, 6) is -0.290. The van der Waals surface area contributed by atoms with Gasteiger partial charge in [-0.25, -0.2) is 14.6 Å². The van der Waals surface area contributed by atoms with Crippen molar-refractivity contribution in [2.45, 2.75) is 13.0 Å². The smallest absolute Gasteiger partial charge is 0.325 e. The highest BCUT2D eigenvalue weighted by Gasteiger charge is 2.10. The average Bonchev–Trinajstić information content (AvgIpc) is 2.83. The van der Waals surface area contributed by atoms with E-state index in [9.17, 15) is 4.79 Å². The van der Waals surface area contributed by atoms with Crippen LogP contribution in [-0.2, 0) is 4.79 Å². The van der Waals surface area contributed by atoms with Crippen LogP contribution in [0.15, 0.2) is 31.0 Å². The summed E-state index contributed by atoms with van der Waals surface area (Å²) in [6.07, 6.45) is 4.51. The molecule has 0 fully saturated rings. The van der Waals surface area contributed by atoms with Crippen molar-refractivity contribution in [3.63, 3.8) is 0 Å². The SMILES string of the molecule is CC(Nc1ccc(-n2cncn2)nc1)C(=O)O. The van der Waals surface area contributed by atoms with Crippen molar-refractivity contribution < 1.29 is 9.90 Å². The topological polar surface area (TPSA) is 92.9 Å². The molecule has 1 unspecified atom stereocenters. The lowest BCUT2D eigenvalue weighted by Gasteiger charge is -2.10. The van der Waals surface area contributed by atoms with Gasteiger partial charge in [-0.05, 0) is 19.1 Å². The summed E-state index contributed by atoms with van der Waals surface area (Å²) in [6.45, 7) is 1.56. The second-order valence-electron chi connectivity index (χ2n) is 3.45. The predicted molar refractivity (Wildman–Crippen MR) is 59.9 cm³/mol. The minimum atomic E-state index is -0.912. The van der Waals surface area contributed by atoms with Crippen molar-refractivity contribution in [1.29, 1.82) is 0 Å². The Balaban J connectivity index is 2.11. The summed E-state index contributed by atoms with van der Waals surface area (Å²) in [6, 6.07) is 2.81. The molecule has 1 atom stereocenters. The molecule has 2 aromatic rings. The first-order valence-corrected chi connectivity index (χ1v) is 4.97. The summed E-state index contributed by atoms with van der Waals surface area (Å²) in [4.78, 5) is 18.6. The second-order valence-corrected chi connectivity index (χ2v) is 3.45. The number of hydrogen-bond donors (Lipinski definition) is 2. The van der Waals surface area contributed by atoms with Gasteiger partial charge in [-0.2, -0.15) is 5.10 Å². The maximum atomic E-state index is 10.7. The molecular formula is C10H11N5O2. The molecule has 0 aliphatic carbocycles. The van der Waals surface area contributed by atoms with Gasteiger partial charge in [-0.3, -0.25) is 4.79 Å². The first-order chi connectivity index (χ1) is 8.16. The van der Waals surface area contributed by atoms with Gasteiger partial charge in [0.15, 0.2) is 5.82 Å². The van der Waals surface area contributed by atoms with Gasteiger partial charge >= 0.3 is 5.97 Å². The molecule has 0 spiro atoms. The number of rotatable bonds is 4. The minimum Gasteiger partial charge on any atom is -0.480 e. The van der Waals surface area contributed by atoms with E-state index in [4.69, 9.17) is 5.11 Å². The largest absolute Gasteiger partial charge is 0.480 e. The summed E-state index contributed by atoms with van der Waals surface area (Å²) in [7, 11) is 0. The third kappa shape index (κ3) is 2.57. The van der Waals surface area contributed by atoms with E-state index >= 15 is 0 Å². The van der Waals surface area contributed by atoms with Crippen molar-refractivity contribution in [2.75, 3.05) is 5.32 Å². The molecule has 0 aliphatic rings. The standard InChI is InChI=1S/C10H11N5O2/c1-7(10(16)17)14-8-2-3-9(12-4-8)15-6-11-5-13-15/h2-7,14H,1H3,(H,16,17). The van der Waals surface area contributed by atoms with Crippen molar-refractivity contribution in [3.8, 4) is 5.82 Å². The van der Waals surface area contributed by atoms with Crippen LogP contribution in [0, 0.1) is 0 Å². The molecule has 17 heavy (non-hydrogen) atoms. The number of carboxylic acid groups (broad SMARTS) is 1. The minimum absolute atomic E-state index is 0.621. The normalized spacial score (nSPS) is 12.1. The van der Waals surface area contributed by atoms with Crippen LogP contribution < -0.4 is 5.32 Å². The molecule has 7 nitrogen and oxygen atoms in total. The Morgan fingerprint density at radius 1 is 1.53 bits per heavy atom. The molecule has 0 saturated carbocycles. The van der Waals surface area contributed by atoms with Crippen LogP contribution in [0.5, 0.6) is 0 Å². The molecule has 0 amide bonds. The highest BCUT2D eigenvalue weighted by molar-refractivity contribution is 5.76. The third-order valence-electron chi connectivity index (χ3n) is 2.15. The van der Waals surface area contributed by atoms with E-state index in [1.807, 2.05) is 0 Å². The van der Waals surface area contributed by atoms with Crippen molar-refractivity contribution in [1.82, 2.24) is 19.7 Å². The molecule has 2 aromatic heterocycles. The van der Waals surface area contributed by atoms with Crippen LogP contribution in [0.3, 0.4) is 0 Å². The Bertz CT molecular complexity index is 494. The lowest BCUT2D eigenvalue weighted by molar-refractivity contribution is -0.137. The number of carboxylic acids is 1. The number of nitrogens with one attached hydrogen (secondary N) is 1. The number of pyridine rings is 1. The average molecular weight is 233 g/mol. The van der Waals surface area contributed by atoms with E-state index in [1.54, 1.807) is 25.3 Å². The lowest BCUT2D eigenvalue weighted by Crippen LogP contribution is -2.25. The third-order valence-corrected chi connectivity index (χ3v) is 2.15. The lowest BCUT2D eigenvalue weighted by atomic mass is 10.3. The molecule has 2 N–H and O–H groups in total. The number of hydrogen-bond acceptors (Lipinski definition) is 5. The number of aromatic nitrogens is 4. The number of nitrogens with zero attached hydrogens (tertiary/aromatic N) is 4. The van der Waals surface area contributed by atoms with Crippen LogP contribution in [0.25, 0.3) is 5.82 Å². The zero-order valence-electron chi connectivity index (χ0n) is 9.11. The molecule has 2 heterocycles. The second kappa shape index (κ2) is 4.60. The van der Waals surface area contributed by atoms with Crippen LogP contribution in [0.4, 0.5) is 5.69 Å². The molecule has 88 valence electrons. The van der Waals surface area contributed by atoms with Crippen molar-refractivity contribution >= 4 is 11.7 Å². The zero-order chi connectivity index (χ0) is 12.3. The van der Waals surface area contributed by atoms with Crippen molar-refractivity contribution in [3.05, 3.63) is 31.0 Å². The molecule has 2 rings (SSSR count). The molecule has 0 aliphatic heterocycles. The van der Waals surface area contributed by atoms with Gasteiger partial charge in [0.05, 0.1) is 11.9 Å². The molecule has 0 radical (unpaired) electrons. The number of anilines is 1. The van der Waals surface area contributed by atoms with Gasteiger partial charge in [-0.1, -0.05) is 0 Å². The summed E-state index contributed by atoms with van der Waals surface area (Å²) >= 11 is 0. The van der Waals surface area contributed by atoms with Crippen LogP contribution in [-0.4, -0.2) is 36.9 Å². The van der Waals surface area contributed by atoms with Gasteiger partial charge in [0.25, 0.3) is 0 Å². The van der Waals surface area contributed by atoms with E-state index in [0.29, 0.717) is 11.5 Å². The highest BCUT2D eigenvalue weighted by Crippen LogP contribution is 2.09. The quantitative estimate of drug-likeness (QED) is 0.800. The fraction of sp³-hybridized carbons (Fsp3) is 0.200. The zero-order valence-corrected chi connectivity index (χ0v) is 9.11. The van der Waals surface area contributed by atoms with Gasteiger partial charge in [0.1, 0.15) is 18.7 Å². The van der Waals surface area contributed by atoms with Crippen LogP contribution >= 0.6 is 0 Å². The fourth-order valence-corrected chi connectivity index (χ4v) is 1.25. The molecule has 0 aromatic carbocycles. The number of aliphatic carboxylic acids is 1. The summed E-state index contributed by atoms with van der Waals surface area (Å²) in [5.41, 5.74) is 0.642. The number of carbonyl (C=O) groups is 1. The Labute approximate surface area is 97.1 Å². The van der Waals surface area contributed by atoms with E-state index in [-0.39, 0.29) is 0 Å². The van der Waals surface area contributed by atoms with Crippen LogP contribution in [0.2, 0.25) is 0 Å². The maximum absolute atomic E-state index is 10.7. The van der Waals surface area contributed by atoms with E-state index in [1.165, 1.54) is 17.3 Å².